The summed E-state index contributed by atoms with van der Waals surface area (Å²) in [6.45, 7) is 2.02. The number of aliphatic hydroxyl groups is 6. The van der Waals surface area contributed by atoms with Crippen molar-refractivity contribution in [2.45, 2.75) is 61.7 Å². The fourth-order valence-electron chi connectivity index (χ4n) is 6.06. The number of H-pyrrole nitrogens is 1. The molecule has 2 saturated heterocycles. The highest BCUT2D eigenvalue weighted by Gasteiger charge is 2.54. The van der Waals surface area contributed by atoms with Crippen molar-refractivity contribution in [1.29, 1.82) is 0 Å². The fraction of sp³-hybridized carbons (Fsp3) is 0.429. The molecule has 0 spiro atoms. The van der Waals surface area contributed by atoms with E-state index in [9.17, 15) is 30.6 Å². The van der Waals surface area contributed by atoms with E-state index >= 15 is 0 Å². The van der Waals surface area contributed by atoms with Gasteiger partial charge < -0.3 is 51.6 Å². The fourth-order valence-corrected chi connectivity index (χ4v) is 6.06. The number of hydrogen-bond acceptors (Lipinski definition) is 16. The Morgan fingerprint density at radius 2 is 1.40 bits per heavy atom. The van der Waals surface area contributed by atoms with Gasteiger partial charge in [0.2, 0.25) is 0 Å². The molecule has 5 aromatic heterocycles. The first-order chi connectivity index (χ1) is 22.4. The van der Waals surface area contributed by atoms with E-state index in [1.807, 2.05) is 0 Å². The second-order valence-corrected chi connectivity index (χ2v) is 11.6. The predicted octanol–water partition coefficient (Wildman–Crippen LogP) is -2.52. The highest BCUT2D eigenvalue weighted by atomic mass is 16.6. The van der Waals surface area contributed by atoms with E-state index in [-0.39, 0.29) is 11.6 Å². The molecule has 8 atom stereocenters. The summed E-state index contributed by atoms with van der Waals surface area (Å²) in [5, 5.41) is 78.9. The van der Waals surface area contributed by atoms with E-state index in [1.54, 1.807) is 12.1 Å². The van der Waals surface area contributed by atoms with E-state index in [0.29, 0.717) is 39.2 Å². The third-order valence-corrected chi connectivity index (χ3v) is 8.55. The van der Waals surface area contributed by atoms with Crippen molar-refractivity contribution in [2.75, 3.05) is 24.7 Å². The van der Waals surface area contributed by atoms with Gasteiger partial charge in [0.25, 0.3) is 0 Å². The number of terminal acetylenes is 1. The van der Waals surface area contributed by atoms with Crippen molar-refractivity contribution in [3.05, 3.63) is 47.9 Å². The standard InChI is InChI=1S/C14H17N7O4.C14H16N4O4/c1-14(24)11(23)9(4-22)25-12(14)8-2-6(7-3-17-20-19-7)10-13(15)16-5-18-21(8)10;1-3-7-4-8(18-10(7)13(15)16-6-17-18)12-14(2,21)11(20)9(5-19)22-12/h2-3,5,9,11-12,22-24H,4H2,1H3,(H2,15,16,18)(H,17,19,20);1,4,6,9,11-12,19-21H,5H2,2H3,(H2,15,16,17)/t2*9-,11-,12+,14-/m11/s1. The first-order valence-corrected chi connectivity index (χ1v) is 14.3. The SMILES string of the molecule is C#Cc1cc([C@@H]2O[C@H](CO)[C@@H](O)[C@@]2(C)O)n2ncnc(N)c12.C[C@@]1(O)[C@H](O)[C@@H](CO)O[C@H]1c1cc(-c2cn[nH]n2)c2c(N)ncnn12. The van der Waals surface area contributed by atoms with Crippen molar-refractivity contribution < 1.29 is 40.1 Å². The molecule has 0 radical (unpaired) electrons. The summed E-state index contributed by atoms with van der Waals surface area (Å²) in [6.07, 6.45) is 3.34. The number of ether oxygens (including phenoxy) is 2. The zero-order valence-electron chi connectivity index (χ0n) is 25.1. The van der Waals surface area contributed by atoms with Crippen molar-refractivity contribution >= 4 is 22.7 Å². The van der Waals surface area contributed by atoms with Gasteiger partial charge in [-0.2, -0.15) is 25.6 Å². The Hall–Kier alpha value is -4.78. The smallest absolute Gasteiger partial charge is 0.152 e. The molecule has 0 unspecified atom stereocenters. The predicted molar refractivity (Wildman–Crippen MR) is 161 cm³/mol. The van der Waals surface area contributed by atoms with Crippen LogP contribution in [0.3, 0.4) is 0 Å². The van der Waals surface area contributed by atoms with Gasteiger partial charge in [-0.05, 0) is 26.0 Å². The summed E-state index contributed by atoms with van der Waals surface area (Å²) in [7, 11) is 0. The van der Waals surface area contributed by atoms with Crippen LogP contribution in [0.5, 0.6) is 0 Å². The van der Waals surface area contributed by atoms with Gasteiger partial charge in [0.15, 0.2) is 11.6 Å². The lowest BCUT2D eigenvalue weighted by molar-refractivity contribution is -0.0665. The molecule has 2 aliphatic rings. The molecule has 11 N–H and O–H groups in total. The Morgan fingerprint density at radius 3 is 1.87 bits per heavy atom. The lowest BCUT2D eigenvalue weighted by Crippen LogP contribution is -2.43. The molecular weight excluding hydrogens is 618 g/mol. The van der Waals surface area contributed by atoms with Crippen LogP contribution < -0.4 is 11.5 Å². The summed E-state index contributed by atoms with van der Waals surface area (Å²) in [5.74, 6) is 2.91. The Morgan fingerprint density at radius 1 is 0.894 bits per heavy atom. The summed E-state index contributed by atoms with van der Waals surface area (Å²) in [5.41, 5.74) is 11.9. The van der Waals surface area contributed by atoms with Crippen LogP contribution in [0.2, 0.25) is 0 Å². The van der Waals surface area contributed by atoms with Crippen LogP contribution >= 0.6 is 0 Å². The molecule has 0 bridgehead atoms. The normalized spacial score (nSPS) is 30.4. The summed E-state index contributed by atoms with van der Waals surface area (Å²) < 4.78 is 14.2. The largest absolute Gasteiger partial charge is 0.394 e. The van der Waals surface area contributed by atoms with Gasteiger partial charge in [-0.25, -0.2) is 19.0 Å². The maximum Gasteiger partial charge on any atom is 0.152 e. The number of fused-ring (bicyclic) bond motifs is 2. The summed E-state index contributed by atoms with van der Waals surface area (Å²) in [6, 6.07) is 3.30. The second kappa shape index (κ2) is 11.8. The van der Waals surface area contributed by atoms with E-state index in [2.05, 4.69) is 41.5 Å². The van der Waals surface area contributed by atoms with Gasteiger partial charge in [-0.15, -0.1) is 6.42 Å². The molecular formula is C28H33N11O8. The highest BCUT2D eigenvalue weighted by Crippen LogP contribution is 2.44. The number of aromatic amines is 1. The highest BCUT2D eigenvalue weighted by molar-refractivity contribution is 5.86. The molecule has 2 fully saturated rings. The van der Waals surface area contributed by atoms with Crippen LogP contribution in [0.25, 0.3) is 22.3 Å². The van der Waals surface area contributed by atoms with Gasteiger partial charge in [0, 0.05) is 5.56 Å². The first-order valence-electron chi connectivity index (χ1n) is 14.3. The number of aliphatic hydroxyl groups excluding tert-OH is 4. The first kappa shape index (κ1) is 32.2. The molecule has 5 aromatic rings. The molecule has 19 heteroatoms. The summed E-state index contributed by atoms with van der Waals surface area (Å²) in [4.78, 5) is 7.89. The van der Waals surface area contributed by atoms with Gasteiger partial charge in [0.1, 0.15) is 77.2 Å². The molecule has 0 aliphatic carbocycles. The molecule has 7 rings (SSSR count). The summed E-state index contributed by atoms with van der Waals surface area (Å²) >= 11 is 0. The average Bonchev–Trinajstić information content (AvgIpc) is 3.86. The third-order valence-electron chi connectivity index (χ3n) is 8.55. The minimum absolute atomic E-state index is 0.200. The van der Waals surface area contributed by atoms with Crippen LogP contribution in [-0.4, -0.2) is 124 Å². The van der Waals surface area contributed by atoms with Crippen molar-refractivity contribution in [2.24, 2.45) is 0 Å². The molecule has 7 heterocycles. The number of aromatic nitrogens is 9. The van der Waals surface area contributed by atoms with Gasteiger partial charge >= 0.3 is 0 Å². The quantitative estimate of drug-likeness (QED) is 0.0886. The average molecular weight is 652 g/mol. The van der Waals surface area contributed by atoms with Crippen molar-refractivity contribution in [3.8, 4) is 23.6 Å². The van der Waals surface area contributed by atoms with E-state index in [1.165, 1.54) is 41.7 Å². The number of nitrogens with one attached hydrogen (secondary N) is 1. The Bertz CT molecular complexity index is 1950. The van der Waals surface area contributed by atoms with Crippen LogP contribution in [0.1, 0.15) is 43.0 Å². The minimum atomic E-state index is -1.64. The zero-order valence-corrected chi connectivity index (χ0v) is 25.1. The molecule has 0 aromatic carbocycles. The molecule has 2 aliphatic heterocycles. The monoisotopic (exact) mass is 651 g/mol. The molecule has 19 nitrogen and oxygen atoms in total. The Balaban J connectivity index is 0.000000166. The van der Waals surface area contributed by atoms with Gasteiger partial charge in [0.05, 0.1) is 36.4 Å². The van der Waals surface area contributed by atoms with Gasteiger partial charge in [-0.3, -0.25) is 0 Å². The Kier molecular flexibility index (Phi) is 8.07. The van der Waals surface area contributed by atoms with Crippen LogP contribution in [0.15, 0.2) is 31.0 Å². The maximum atomic E-state index is 10.7. The number of nitrogens with two attached hydrogens (primary N) is 2. The van der Waals surface area contributed by atoms with Gasteiger partial charge in [-0.1, -0.05) is 5.92 Å². The maximum absolute atomic E-state index is 10.7. The number of anilines is 2. The second-order valence-electron chi connectivity index (χ2n) is 11.6. The van der Waals surface area contributed by atoms with E-state index < -0.39 is 61.0 Å². The van der Waals surface area contributed by atoms with Crippen LogP contribution in [-0.2, 0) is 9.47 Å². The molecule has 248 valence electrons. The number of rotatable bonds is 5. The van der Waals surface area contributed by atoms with Crippen molar-refractivity contribution in [1.82, 2.24) is 44.6 Å². The van der Waals surface area contributed by atoms with E-state index in [4.69, 9.17) is 27.4 Å². The lowest BCUT2D eigenvalue weighted by atomic mass is 9.91. The lowest BCUT2D eigenvalue weighted by Gasteiger charge is -2.26. The van der Waals surface area contributed by atoms with Crippen molar-refractivity contribution in [3.63, 3.8) is 0 Å². The van der Waals surface area contributed by atoms with Crippen LogP contribution in [0, 0.1) is 12.3 Å². The van der Waals surface area contributed by atoms with Crippen LogP contribution in [0.4, 0.5) is 11.6 Å². The minimum Gasteiger partial charge on any atom is -0.394 e. The molecule has 0 amide bonds. The number of nitrogen functional groups attached to an aromatic ring is 2. The zero-order chi connectivity index (χ0) is 33.8. The number of hydrogen-bond donors (Lipinski definition) is 9. The third kappa shape index (κ3) is 5.03. The number of nitrogens with zero attached hydrogens (tertiary/aromatic N) is 8. The topological polar surface area (TPSA) is 294 Å². The molecule has 0 saturated carbocycles. The molecule has 47 heavy (non-hydrogen) atoms. The Labute approximate surface area is 265 Å². The van der Waals surface area contributed by atoms with E-state index in [0.717, 1.165) is 0 Å².